The molecule has 246 valence electrons. The van der Waals surface area contributed by atoms with Crippen LogP contribution in [0.3, 0.4) is 0 Å². The number of hydrogen-bond acceptors (Lipinski definition) is 2. The fraction of sp³-hybridized carbons (Fsp3) is 0.125. The third-order valence-electron chi connectivity index (χ3n) is 11.2. The minimum Gasteiger partial charge on any atom is -0.312 e. The van der Waals surface area contributed by atoms with Gasteiger partial charge < -0.3 is 9.80 Å². The van der Waals surface area contributed by atoms with Gasteiger partial charge in [0.15, 0.2) is 0 Å². The molecule has 7 aromatic rings. The van der Waals surface area contributed by atoms with Crippen molar-refractivity contribution in [1.29, 1.82) is 0 Å². The molecule has 0 N–H and O–H groups in total. The molecule has 1 fully saturated rings. The molecule has 0 saturated heterocycles. The van der Waals surface area contributed by atoms with E-state index in [0.29, 0.717) is 0 Å². The summed E-state index contributed by atoms with van der Waals surface area (Å²) in [6.07, 6.45) is 6.16. The Labute approximate surface area is 302 Å². The standard InChI is InChI=1S/C48H41BN2/c1-5-17-40(18-6-1)50(41-19-7-2-8-20-41)43-33-29-38(30-34-43)48(35-15-4-16-36-48)37-27-31-39(32-28-37)49-44-23-11-13-25-46(44)51(42-21-9-3-10-22-42)47-26-14-12-24-45(47)49/h1-3,5-14,17-34H,4,15-16,35-36H2. The number of rotatable bonds is 7. The van der Waals surface area contributed by atoms with Crippen LogP contribution in [0.15, 0.2) is 188 Å². The predicted molar refractivity (Wildman–Crippen MR) is 217 cm³/mol. The first-order valence-corrected chi connectivity index (χ1v) is 18.4. The van der Waals surface area contributed by atoms with E-state index in [4.69, 9.17) is 0 Å². The first-order chi connectivity index (χ1) is 25.3. The van der Waals surface area contributed by atoms with E-state index in [1.807, 2.05) is 0 Å². The van der Waals surface area contributed by atoms with Gasteiger partial charge in [0.2, 0.25) is 6.71 Å². The maximum absolute atomic E-state index is 2.45. The summed E-state index contributed by atoms with van der Waals surface area (Å²) in [5.41, 5.74) is 14.1. The number of nitrogens with zero attached hydrogens (tertiary/aromatic N) is 2. The Morgan fingerprint density at radius 2 is 0.843 bits per heavy atom. The predicted octanol–water partition coefficient (Wildman–Crippen LogP) is 10.7. The second kappa shape index (κ2) is 13.5. The fourth-order valence-corrected chi connectivity index (χ4v) is 8.81. The molecular formula is C48H41BN2. The van der Waals surface area contributed by atoms with Crippen molar-refractivity contribution in [2.45, 2.75) is 37.5 Å². The monoisotopic (exact) mass is 656 g/mol. The molecular weight excluding hydrogens is 615 g/mol. The van der Waals surface area contributed by atoms with Crippen molar-refractivity contribution in [3.8, 4) is 0 Å². The highest BCUT2D eigenvalue weighted by Crippen LogP contribution is 2.46. The number of fused-ring (bicyclic) bond motifs is 2. The number of para-hydroxylation sites is 5. The molecule has 2 aliphatic rings. The lowest BCUT2D eigenvalue weighted by Crippen LogP contribution is -2.57. The van der Waals surface area contributed by atoms with Crippen LogP contribution in [0.2, 0.25) is 0 Å². The lowest BCUT2D eigenvalue weighted by Gasteiger charge is -2.39. The van der Waals surface area contributed by atoms with Crippen molar-refractivity contribution in [3.05, 3.63) is 199 Å². The molecule has 0 radical (unpaired) electrons. The summed E-state index contributed by atoms with van der Waals surface area (Å²) >= 11 is 0. The van der Waals surface area contributed by atoms with E-state index in [1.165, 1.54) is 82.4 Å². The molecule has 0 bridgehead atoms. The summed E-state index contributed by atoms with van der Waals surface area (Å²) in [6, 6.07) is 69.2. The van der Waals surface area contributed by atoms with Gasteiger partial charge in [0.05, 0.1) is 0 Å². The first-order valence-electron chi connectivity index (χ1n) is 18.4. The smallest absolute Gasteiger partial charge is 0.246 e. The molecule has 2 nitrogen and oxygen atoms in total. The van der Waals surface area contributed by atoms with Crippen LogP contribution in [0.1, 0.15) is 43.2 Å². The van der Waals surface area contributed by atoms with E-state index in [0.717, 1.165) is 11.4 Å². The summed E-state index contributed by atoms with van der Waals surface area (Å²) in [6.45, 7) is 0.162. The number of benzene rings is 7. The van der Waals surface area contributed by atoms with Crippen LogP contribution in [0.25, 0.3) is 0 Å². The Bertz CT molecular complexity index is 2140. The zero-order valence-corrected chi connectivity index (χ0v) is 28.9. The van der Waals surface area contributed by atoms with Gasteiger partial charge >= 0.3 is 0 Å². The van der Waals surface area contributed by atoms with Crippen molar-refractivity contribution < 1.29 is 0 Å². The lowest BCUT2D eigenvalue weighted by atomic mass is 9.35. The van der Waals surface area contributed by atoms with Gasteiger partial charge in [-0.1, -0.05) is 152 Å². The molecule has 1 heterocycles. The van der Waals surface area contributed by atoms with Crippen LogP contribution in [-0.2, 0) is 5.41 Å². The van der Waals surface area contributed by atoms with Crippen molar-refractivity contribution in [2.24, 2.45) is 0 Å². The topological polar surface area (TPSA) is 6.48 Å². The van der Waals surface area contributed by atoms with E-state index in [9.17, 15) is 0 Å². The number of anilines is 6. The van der Waals surface area contributed by atoms with Crippen molar-refractivity contribution in [1.82, 2.24) is 0 Å². The normalized spacial score (nSPS) is 14.7. The zero-order chi connectivity index (χ0) is 34.0. The highest BCUT2D eigenvalue weighted by molar-refractivity contribution is 6.98. The zero-order valence-electron chi connectivity index (χ0n) is 28.9. The van der Waals surface area contributed by atoms with Gasteiger partial charge in [0.25, 0.3) is 0 Å². The van der Waals surface area contributed by atoms with Crippen LogP contribution in [0, 0.1) is 0 Å². The highest BCUT2D eigenvalue weighted by atomic mass is 15.2. The molecule has 0 atom stereocenters. The SMILES string of the molecule is c1ccc(N(c2ccccc2)c2ccc(C3(c4ccc(B5c6ccccc6N(c6ccccc6)c6ccccc65)cc4)CCCCC3)cc2)cc1. The molecule has 9 rings (SSSR count). The van der Waals surface area contributed by atoms with E-state index in [-0.39, 0.29) is 12.1 Å². The van der Waals surface area contributed by atoms with E-state index < -0.39 is 0 Å². The van der Waals surface area contributed by atoms with Gasteiger partial charge in [0.1, 0.15) is 0 Å². The molecule has 0 unspecified atom stereocenters. The Morgan fingerprint density at radius 1 is 0.412 bits per heavy atom. The molecule has 7 aromatic carbocycles. The van der Waals surface area contributed by atoms with Gasteiger partial charge in [-0.25, -0.2) is 0 Å². The second-order valence-corrected chi connectivity index (χ2v) is 14.0. The average Bonchev–Trinajstić information content (AvgIpc) is 3.22. The van der Waals surface area contributed by atoms with Gasteiger partial charge in [-0.15, -0.1) is 0 Å². The van der Waals surface area contributed by atoms with E-state index in [2.05, 4.69) is 198 Å². The van der Waals surface area contributed by atoms with Crippen LogP contribution in [-0.4, -0.2) is 6.71 Å². The van der Waals surface area contributed by atoms with Crippen LogP contribution < -0.4 is 26.2 Å². The molecule has 51 heavy (non-hydrogen) atoms. The minimum absolute atomic E-state index is 0.00607. The molecule has 1 aliphatic heterocycles. The van der Waals surface area contributed by atoms with Crippen molar-refractivity contribution in [3.63, 3.8) is 0 Å². The van der Waals surface area contributed by atoms with Gasteiger partial charge in [-0.2, -0.15) is 0 Å². The summed E-state index contributed by atoms with van der Waals surface area (Å²) < 4.78 is 0. The summed E-state index contributed by atoms with van der Waals surface area (Å²) in [7, 11) is 0. The summed E-state index contributed by atoms with van der Waals surface area (Å²) in [5.74, 6) is 0. The highest BCUT2D eigenvalue weighted by Gasteiger charge is 2.38. The van der Waals surface area contributed by atoms with E-state index in [1.54, 1.807) is 0 Å². The molecule has 1 aliphatic carbocycles. The second-order valence-electron chi connectivity index (χ2n) is 14.0. The maximum Gasteiger partial charge on any atom is 0.246 e. The van der Waals surface area contributed by atoms with Gasteiger partial charge in [-0.05, 0) is 95.6 Å². The van der Waals surface area contributed by atoms with Crippen LogP contribution in [0.5, 0.6) is 0 Å². The summed E-state index contributed by atoms with van der Waals surface area (Å²) in [4.78, 5) is 4.78. The average molecular weight is 657 g/mol. The van der Waals surface area contributed by atoms with Crippen molar-refractivity contribution in [2.75, 3.05) is 9.80 Å². The molecule has 0 spiro atoms. The third-order valence-corrected chi connectivity index (χ3v) is 11.2. The Kier molecular flexibility index (Phi) is 8.26. The molecule has 0 amide bonds. The van der Waals surface area contributed by atoms with Crippen LogP contribution in [0.4, 0.5) is 34.1 Å². The Balaban J connectivity index is 1.09. The molecule has 0 aromatic heterocycles. The Hall–Kier alpha value is -5.80. The van der Waals surface area contributed by atoms with E-state index >= 15 is 0 Å². The lowest BCUT2D eigenvalue weighted by molar-refractivity contribution is 0.346. The van der Waals surface area contributed by atoms with Crippen molar-refractivity contribution >= 4 is 57.2 Å². The molecule has 3 heteroatoms. The number of hydrogen-bond donors (Lipinski definition) is 0. The summed E-state index contributed by atoms with van der Waals surface area (Å²) in [5, 5.41) is 0. The quantitative estimate of drug-likeness (QED) is 0.158. The fourth-order valence-electron chi connectivity index (χ4n) is 8.81. The van der Waals surface area contributed by atoms with Gasteiger partial charge in [0, 0.05) is 39.5 Å². The first kappa shape index (κ1) is 31.2. The van der Waals surface area contributed by atoms with Gasteiger partial charge in [-0.3, -0.25) is 0 Å². The Morgan fingerprint density at radius 3 is 1.37 bits per heavy atom. The van der Waals surface area contributed by atoms with Crippen LogP contribution >= 0.6 is 0 Å². The minimum atomic E-state index is 0.00607. The largest absolute Gasteiger partial charge is 0.312 e. The maximum atomic E-state index is 2.45. The third kappa shape index (κ3) is 5.64. The molecule has 1 saturated carbocycles.